The Hall–Kier alpha value is -0.530. The zero-order valence-corrected chi connectivity index (χ0v) is 14.7. The lowest BCUT2D eigenvalue weighted by atomic mass is 9.48. The number of nitrogens with one attached hydrogen (secondary N) is 1. The monoisotopic (exact) mass is 315 g/mol. The van der Waals surface area contributed by atoms with Crippen LogP contribution in [-0.2, 0) is 4.79 Å². The molecule has 0 saturated heterocycles. The van der Waals surface area contributed by atoms with Crippen LogP contribution in [0.25, 0.3) is 0 Å². The molecule has 6 fully saturated rings. The van der Waals surface area contributed by atoms with Crippen LogP contribution in [0.3, 0.4) is 0 Å². The standard InChI is InChI=1S/C21H33NO/c1-13(21-10-15-4-16(11-21)6-17(5-15)12-21)22-20(23)9-19-8-14-2-3-18(19)7-14/h13-19H,2-12H2,1H3,(H,22,23). The van der Waals surface area contributed by atoms with Crippen LogP contribution in [0.1, 0.15) is 77.6 Å². The maximum absolute atomic E-state index is 12.7. The third kappa shape index (κ3) is 2.46. The molecular weight excluding hydrogens is 282 g/mol. The molecule has 4 atom stereocenters. The second-order valence-corrected chi connectivity index (χ2v) is 10.2. The van der Waals surface area contributed by atoms with E-state index in [0.717, 1.165) is 36.0 Å². The second kappa shape index (κ2) is 5.23. The van der Waals surface area contributed by atoms with Gasteiger partial charge < -0.3 is 5.32 Å². The van der Waals surface area contributed by atoms with Crippen molar-refractivity contribution >= 4 is 5.91 Å². The minimum Gasteiger partial charge on any atom is -0.353 e. The molecule has 0 aromatic rings. The van der Waals surface area contributed by atoms with Crippen LogP contribution in [0.5, 0.6) is 0 Å². The molecule has 0 heterocycles. The fraction of sp³-hybridized carbons (Fsp3) is 0.952. The molecule has 2 heteroatoms. The van der Waals surface area contributed by atoms with Gasteiger partial charge in [0.1, 0.15) is 0 Å². The fourth-order valence-electron chi connectivity index (χ4n) is 8.03. The zero-order valence-electron chi connectivity index (χ0n) is 14.7. The van der Waals surface area contributed by atoms with Crippen LogP contribution < -0.4 is 5.32 Å². The first-order valence-electron chi connectivity index (χ1n) is 10.4. The highest BCUT2D eigenvalue weighted by Crippen LogP contribution is 2.61. The van der Waals surface area contributed by atoms with E-state index in [9.17, 15) is 4.79 Å². The fourth-order valence-corrected chi connectivity index (χ4v) is 8.03. The van der Waals surface area contributed by atoms with Crippen molar-refractivity contribution in [2.45, 2.75) is 83.6 Å². The van der Waals surface area contributed by atoms with E-state index in [1.807, 2.05) is 0 Å². The van der Waals surface area contributed by atoms with E-state index in [-0.39, 0.29) is 0 Å². The summed E-state index contributed by atoms with van der Waals surface area (Å²) in [5, 5.41) is 3.48. The number of hydrogen-bond acceptors (Lipinski definition) is 1. The van der Waals surface area contributed by atoms with Gasteiger partial charge in [-0.1, -0.05) is 6.42 Å². The maximum Gasteiger partial charge on any atom is 0.220 e. The van der Waals surface area contributed by atoms with E-state index >= 15 is 0 Å². The van der Waals surface area contributed by atoms with E-state index in [4.69, 9.17) is 0 Å². The number of fused-ring (bicyclic) bond motifs is 2. The number of amides is 1. The summed E-state index contributed by atoms with van der Waals surface area (Å²) in [6.45, 7) is 2.33. The van der Waals surface area contributed by atoms with Crippen molar-refractivity contribution in [3.05, 3.63) is 0 Å². The number of carbonyl (C=O) groups excluding carboxylic acids is 1. The Bertz CT molecular complexity index is 463. The molecular formula is C21H33NO. The summed E-state index contributed by atoms with van der Waals surface area (Å²) in [7, 11) is 0. The topological polar surface area (TPSA) is 29.1 Å². The first kappa shape index (κ1) is 14.8. The summed E-state index contributed by atoms with van der Waals surface area (Å²) in [5.41, 5.74) is 0.457. The van der Waals surface area contributed by atoms with Crippen molar-refractivity contribution in [1.82, 2.24) is 5.32 Å². The quantitative estimate of drug-likeness (QED) is 0.811. The first-order chi connectivity index (χ1) is 11.1. The highest BCUT2D eigenvalue weighted by Gasteiger charge is 2.53. The summed E-state index contributed by atoms with van der Waals surface area (Å²) < 4.78 is 0. The lowest BCUT2D eigenvalue weighted by Gasteiger charge is -2.59. The molecule has 6 saturated carbocycles. The van der Waals surface area contributed by atoms with Crippen molar-refractivity contribution in [1.29, 1.82) is 0 Å². The Kier molecular flexibility index (Phi) is 3.36. The molecule has 128 valence electrons. The van der Waals surface area contributed by atoms with Gasteiger partial charge in [0.2, 0.25) is 5.91 Å². The molecule has 0 spiro atoms. The van der Waals surface area contributed by atoms with E-state index in [0.29, 0.717) is 23.3 Å². The highest BCUT2D eigenvalue weighted by atomic mass is 16.1. The predicted molar refractivity (Wildman–Crippen MR) is 91.8 cm³/mol. The summed E-state index contributed by atoms with van der Waals surface area (Å²) in [6.07, 6.45) is 15.1. The van der Waals surface area contributed by atoms with Crippen LogP contribution in [0.2, 0.25) is 0 Å². The molecule has 4 unspecified atom stereocenters. The van der Waals surface area contributed by atoms with Crippen LogP contribution in [0, 0.1) is 40.9 Å². The average molecular weight is 316 g/mol. The van der Waals surface area contributed by atoms with Crippen LogP contribution in [0.4, 0.5) is 0 Å². The Morgan fingerprint density at radius 1 is 0.957 bits per heavy atom. The molecule has 1 amide bonds. The lowest BCUT2D eigenvalue weighted by molar-refractivity contribution is -0.127. The molecule has 0 aromatic carbocycles. The van der Waals surface area contributed by atoms with Gasteiger partial charge in [-0.15, -0.1) is 0 Å². The van der Waals surface area contributed by atoms with E-state index in [2.05, 4.69) is 12.2 Å². The van der Waals surface area contributed by atoms with E-state index in [1.54, 1.807) is 0 Å². The zero-order chi connectivity index (χ0) is 15.6. The molecule has 23 heavy (non-hydrogen) atoms. The highest BCUT2D eigenvalue weighted by molar-refractivity contribution is 5.76. The van der Waals surface area contributed by atoms with E-state index in [1.165, 1.54) is 64.2 Å². The lowest BCUT2D eigenvalue weighted by Crippen LogP contribution is -2.56. The molecule has 0 aromatic heterocycles. The Morgan fingerprint density at radius 3 is 2.13 bits per heavy atom. The minimum absolute atomic E-state index is 0.366. The van der Waals surface area contributed by atoms with Gasteiger partial charge in [0.15, 0.2) is 0 Å². The van der Waals surface area contributed by atoms with Crippen molar-refractivity contribution in [3.8, 4) is 0 Å². The van der Waals surface area contributed by atoms with Gasteiger partial charge in [-0.3, -0.25) is 4.79 Å². The summed E-state index contributed by atoms with van der Waals surface area (Å²) >= 11 is 0. The van der Waals surface area contributed by atoms with Crippen molar-refractivity contribution in [3.63, 3.8) is 0 Å². The Morgan fingerprint density at radius 2 is 1.61 bits per heavy atom. The van der Waals surface area contributed by atoms with Crippen LogP contribution >= 0.6 is 0 Å². The van der Waals surface area contributed by atoms with Crippen molar-refractivity contribution in [2.24, 2.45) is 40.9 Å². The predicted octanol–water partition coefficient (Wildman–Crippen LogP) is 4.53. The number of hydrogen-bond donors (Lipinski definition) is 1. The molecule has 0 aliphatic heterocycles. The largest absolute Gasteiger partial charge is 0.353 e. The van der Waals surface area contributed by atoms with Gasteiger partial charge >= 0.3 is 0 Å². The van der Waals surface area contributed by atoms with Crippen LogP contribution in [0.15, 0.2) is 0 Å². The van der Waals surface area contributed by atoms with E-state index < -0.39 is 0 Å². The van der Waals surface area contributed by atoms with Gasteiger partial charge in [-0.25, -0.2) is 0 Å². The summed E-state index contributed by atoms with van der Waals surface area (Å²) in [6, 6.07) is 0.405. The summed E-state index contributed by atoms with van der Waals surface area (Å²) in [5.74, 6) is 5.84. The molecule has 6 aliphatic carbocycles. The maximum atomic E-state index is 12.7. The SMILES string of the molecule is CC(NC(=O)CC1CC2CCC1C2)C12CC3CC(CC(C3)C1)C2. The van der Waals surface area contributed by atoms with Gasteiger partial charge in [-0.2, -0.15) is 0 Å². The van der Waals surface area contributed by atoms with Gasteiger partial charge in [0.25, 0.3) is 0 Å². The minimum atomic E-state index is 0.366. The van der Waals surface area contributed by atoms with Gasteiger partial charge in [-0.05, 0) is 106 Å². The van der Waals surface area contributed by atoms with Crippen LogP contribution in [-0.4, -0.2) is 11.9 Å². The molecule has 6 rings (SSSR count). The van der Waals surface area contributed by atoms with Gasteiger partial charge in [0.05, 0.1) is 0 Å². The number of rotatable bonds is 4. The molecule has 0 radical (unpaired) electrons. The Labute approximate surface area is 141 Å². The molecule has 6 bridgehead atoms. The normalized spacial score (nSPS) is 51.2. The van der Waals surface area contributed by atoms with Crippen molar-refractivity contribution < 1.29 is 4.79 Å². The smallest absolute Gasteiger partial charge is 0.220 e. The number of carbonyl (C=O) groups is 1. The summed E-state index contributed by atoms with van der Waals surface area (Å²) in [4.78, 5) is 12.7. The van der Waals surface area contributed by atoms with Crippen molar-refractivity contribution in [2.75, 3.05) is 0 Å². The third-order valence-electron chi connectivity index (χ3n) is 8.71. The third-order valence-corrected chi connectivity index (χ3v) is 8.71. The Balaban J connectivity index is 1.21. The second-order valence-electron chi connectivity index (χ2n) is 10.2. The molecule has 1 N–H and O–H groups in total. The van der Waals surface area contributed by atoms with Gasteiger partial charge in [0, 0.05) is 12.5 Å². The molecule has 6 aliphatic rings. The molecule has 2 nitrogen and oxygen atoms in total. The first-order valence-corrected chi connectivity index (χ1v) is 10.4. The average Bonchev–Trinajstić information content (AvgIpc) is 3.08.